The summed E-state index contributed by atoms with van der Waals surface area (Å²) in [6.45, 7) is 3.92. The van der Waals surface area contributed by atoms with Crippen molar-refractivity contribution in [3.8, 4) is 5.75 Å². The first-order valence-electron chi connectivity index (χ1n) is 12.0. The lowest BCUT2D eigenvalue weighted by atomic mass is 9.51. The number of fused-ring (bicyclic) bond motifs is 3. The van der Waals surface area contributed by atoms with Crippen LogP contribution in [0.15, 0.2) is 17.7 Å². The number of benzene rings is 1. The summed E-state index contributed by atoms with van der Waals surface area (Å²) in [6, 6.07) is 1.60. The lowest BCUT2D eigenvalue weighted by Gasteiger charge is -2.57. The summed E-state index contributed by atoms with van der Waals surface area (Å²) in [6.07, 6.45) is -3.19. The Labute approximate surface area is 217 Å². The molecule has 0 radical (unpaired) electrons. The summed E-state index contributed by atoms with van der Waals surface area (Å²) in [5.74, 6) is -12.1. The number of ether oxygens (including phenoxy) is 1. The molecule has 3 aliphatic carbocycles. The molecule has 1 amide bonds. The monoisotopic (exact) mass is 530 g/mol. The minimum Gasteiger partial charge on any atom is -0.507 e. The van der Waals surface area contributed by atoms with Gasteiger partial charge in [-0.3, -0.25) is 24.0 Å². The van der Waals surface area contributed by atoms with E-state index in [4.69, 9.17) is 10.5 Å². The van der Waals surface area contributed by atoms with Crippen LogP contribution in [0.4, 0.5) is 0 Å². The van der Waals surface area contributed by atoms with Gasteiger partial charge >= 0.3 is 5.97 Å². The number of nitrogens with zero attached hydrogens (tertiary/aromatic N) is 1. The first kappa shape index (κ1) is 27.4. The van der Waals surface area contributed by atoms with Gasteiger partial charge in [-0.1, -0.05) is 13.0 Å². The van der Waals surface area contributed by atoms with Gasteiger partial charge in [0.2, 0.25) is 11.7 Å². The first-order chi connectivity index (χ1) is 17.6. The van der Waals surface area contributed by atoms with Crippen LogP contribution in [0, 0.1) is 17.8 Å². The molecule has 0 saturated heterocycles. The van der Waals surface area contributed by atoms with Gasteiger partial charge in [0.05, 0.1) is 23.1 Å². The number of carbonyl (C=O) groups excluding carboxylic acids is 5. The number of aliphatic hydroxyl groups excluding tert-OH is 2. The number of phenols is 1. The smallest absolute Gasteiger partial charge is 0.302 e. The van der Waals surface area contributed by atoms with Gasteiger partial charge in [-0.2, -0.15) is 0 Å². The van der Waals surface area contributed by atoms with E-state index in [0.29, 0.717) is 5.56 Å². The molecule has 0 aromatic heterocycles. The normalized spacial score (nSPS) is 34.4. The average Bonchev–Trinajstić information content (AvgIpc) is 2.80. The van der Waals surface area contributed by atoms with Gasteiger partial charge < -0.3 is 35.8 Å². The molecule has 0 bridgehead atoms. The average molecular weight is 531 g/mol. The zero-order valence-electron chi connectivity index (χ0n) is 21.5. The van der Waals surface area contributed by atoms with E-state index in [0.717, 1.165) is 6.92 Å². The highest BCUT2D eigenvalue weighted by molar-refractivity contribution is 6.25. The minimum atomic E-state index is -3.03. The number of primary amides is 1. The van der Waals surface area contributed by atoms with E-state index < -0.39 is 93.8 Å². The largest absolute Gasteiger partial charge is 0.507 e. The fourth-order valence-corrected chi connectivity index (χ4v) is 6.56. The zero-order valence-corrected chi connectivity index (χ0v) is 21.5. The fraction of sp³-hybridized carbons (Fsp3) is 0.500. The van der Waals surface area contributed by atoms with Gasteiger partial charge in [-0.15, -0.1) is 0 Å². The number of hydrogen-bond donors (Lipinski definition) is 5. The number of esters is 1. The molecule has 3 aliphatic rings. The van der Waals surface area contributed by atoms with Crippen molar-refractivity contribution in [1.29, 1.82) is 0 Å². The van der Waals surface area contributed by atoms with E-state index in [-0.39, 0.29) is 11.1 Å². The molecule has 4 rings (SSSR count). The summed E-state index contributed by atoms with van der Waals surface area (Å²) < 4.78 is 5.62. The summed E-state index contributed by atoms with van der Waals surface area (Å²) in [7, 11) is 2.97. The molecule has 204 valence electrons. The lowest BCUT2D eigenvalue weighted by Crippen LogP contribution is -2.77. The minimum absolute atomic E-state index is 0.128. The van der Waals surface area contributed by atoms with Gasteiger partial charge in [0, 0.05) is 24.5 Å². The van der Waals surface area contributed by atoms with E-state index in [9.17, 15) is 44.4 Å². The second kappa shape index (κ2) is 9.00. The number of amides is 1. The Morgan fingerprint density at radius 1 is 1.11 bits per heavy atom. The molecule has 2 saturated carbocycles. The van der Waals surface area contributed by atoms with Crippen LogP contribution in [0.2, 0.25) is 0 Å². The Hall–Kier alpha value is -3.61. The van der Waals surface area contributed by atoms with Crippen LogP contribution in [0.25, 0.3) is 5.76 Å². The standard InChI is InChI=1S/C26H30N2O10/c1-8-11-6-7-12(9(2)29)19(31)14(11)20(32)15-13(8)22(38-10(3)30)17-18(28(4)5)21(33)16(25(27)36)24(35)26(17,37)23(15)34/h6-8,13,16-18,21-22,31-33,37H,1-5H3,(H2,27,36)/t8-,13+,16?,17+,18-,21?,22-,26-/m0/s1. The SMILES string of the molecule is CC(=O)O[C@H]1[C@H]2C(=C(O)c3c(ccc(C(C)=O)c3O)[C@@H]2C)C(=O)[C@]2(O)C(=O)C(C(N)=O)C(O)[C@@H](N(C)C)[C@H]12. The van der Waals surface area contributed by atoms with Crippen molar-refractivity contribution in [2.75, 3.05) is 14.1 Å². The van der Waals surface area contributed by atoms with Crippen molar-refractivity contribution >= 4 is 35.0 Å². The third-order valence-corrected chi connectivity index (χ3v) is 8.15. The highest BCUT2D eigenvalue weighted by Gasteiger charge is 2.72. The number of Topliss-reactive ketones (excluding diaryl/α,β-unsaturated/α-hetero) is 3. The molecule has 0 heterocycles. The summed E-state index contributed by atoms with van der Waals surface area (Å²) in [5, 5.41) is 45.1. The second-order valence-electron chi connectivity index (χ2n) is 10.4. The molecule has 0 aliphatic heterocycles. The maximum Gasteiger partial charge on any atom is 0.302 e. The molecule has 6 N–H and O–H groups in total. The predicted octanol–water partition coefficient (Wildman–Crippen LogP) is -0.566. The lowest BCUT2D eigenvalue weighted by molar-refractivity contribution is -0.206. The van der Waals surface area contributed by atoms with Crippen LogP contribution in [0.5, 0.6) is 5.75 Å². The van der Waals surface area contributed by atoms with Crippen molar-refractivity contribution in [3.05, 3.63) is 34.4 Å². The molecule has 38 heavy (non-hydrogen) atoms. The molecule has 1 aromatic rings. The van der Waals surface area contributed by atoms with Crippen LogP contribution in [0.3, 0.4) is 0 Å². The highest BCUT2D eigenvalue weighted by atomic mass is 16.5. The zero-order chi connectivity index (χ0) is 28.6. The third-order valence-electron chi connectivity index (χ3n) is 8.15. The van der Waals surface area contributed by atoms with E-state index in [2.05, 4.69) is 0 Å². The number of hydrogen-bond acceptors (Lipinski definition) is 11. The molecule has 12 nitrogen and oxygen atoms in total. The second-order valence-corrected chi connectivity index (χ2v) is 10.4. The number of aromatic hydroxyl groups is 1. The maximum absolute atomic E-state index is 14.1. The first-order valence-corrected chi connectivity index (χ1v) is 12.0. The van der Waals surface area contributed by atoms with Gasteiger partial charge in [0.15, 0.2) is 17.2 Å². The van der Waals surface area contributed by atoms with Crippen LogP contribution in [-0.4, -0.2) is 92.5 Å². The Kier molecular flexibility index (Phi) is 6.49. The van der Waals surface area contributed by atoms with Crippen molar-refractivity contribution < 1.29 is 49.1 Å². The Morgan fingerprint density at radius 3 is 2.21 bits per heavy atom. The molecule has 2 unspecified atom stereocenters. The molecular weight excluding hydrogens is 500 g/mol. The Morgan fingerprint density at radius 2 is 1.71 bits per heavy atom. The molecule has 2 fully saturated rings. The number of nitrogens with two attached hydrogens (primary N) is 1. The van der Waals surface area contributed by atoms with Crippen molar-refractivity contribution in [2.24, 2.45) is 23.5 Å². The van der Waals surface area contributed by atoms with Gasteiger partial charge in [-0.05, 0) is 38.6 Å². The van der Waals surface area contributed by atoms with Gasteiger partial charge in [0.25, 0.3) is 0 Å². The number of ketones is 3. The number of aliphatic hydroxyl groups is 3. The van der Waals surface area contributed by atoms with Crippen molar-refractivity contribution in [1.82, 2.24) is 4.90 Å². The maximum atomic E-state index is 14.1. The number of rotatable bonds is 4. The van der Waals surface area contributed by atoms with E-state index in [1.54, 1.807) is 6.92 Å². The predicted molar refractivity (Wildman–Crippen MR) is 130 cm³/mol. The number of phenolic OH excluding ortho intramolecular Hbond substituents is 1. The van der Waals surface area contributed by atoms with E-state index in [1.807, 2.05) is 0 Å². The van der Waals surface area contributed by atoms with E-state index in [1.165, 1.54) is 38.1 Å². The van der Waals surface area contributed by atoms with Crippen LogP contribution < -0.4 is 5.73 Å². The summed E-state index contributed by atoms with van der Waals surface area (Å²) >= 11 is 0. The molecule has 1 aromatic carbocycles. The molecular formula is C26H30N2O10. The van der Waals surface area contributed by atoms with Crippen LogP contribution in [-0.2, 0) is 23.9 Å². The topological polar surface area (TPSA) is 205 Å². The third kappa shape index (κ3) is 3.51. The van der Waals surface area contributed by atoms with Crippen LogP contribution >= 0.6 is 0 Å². The highest BCUT2D eigenvalue weighted by Crippen LogP contribution is 2.56. The summed E-state index contributed by atoms with van der Waals surface area (Å²) in [4.78, 5) is 65.6. The summed E-state index contributed by atoms with van der Waals surface area (Å²) in [5.41, 5.74) is 1.83. The quantitative estimate of drug-likeness (QED) is 0.189. The number of carbonyl (C=O) groups is 5. The van der Waals surface area contributed by atoms with Crippen LogP contribution in [0.1, 0.15) is 48.2 Å². The number of likely N-dealkylation sites (N-methyl/N-ethyl adjacent to an activating group) is 1. The Balaban J connectivity index is 2.08. The van der Waals surface area contributed by atoms with E-state index >= 15 is 0 Å². The van der Waals surface area contributed by atoms with Gasteiger partial charge in [-0.25, -0.2) is 0 Å². The van der Waals surface area contributed by atoms with Gasteiger partial charge in [0.1, 0.15) is 23.5 Å². The van der Waals surface area contributed by atoms with Crippen molar-refractivity contribution in [3.63, 3.8) is 0 Å². The molecule has 12 heteroatoms. The fourth-order valence-electron chi connectivity index (χ4n) is 6.56. The molecule has 8 atom stereocenters. The van der Waals surface area contributed by atoms with Crippen molar-refractivity contribution in [2.45, 2.75) is 50.5 Å². The Bertz CT molecular complexity index is 1320. The molecule has 0 spiro atoms.